The number of nitrogens with one attached hydrogen (secondary N) is 1. The first-order valence-corrected chi connectivity index (χ1v) is 12.4. The number of nitrogens with zero attached hydrogens (tertiary/aromatic N) is 4. The quantitative estimate of drug-likeness (QED) is 0.456. The third-order valence-corrected chi connectivity index (χ3v) is 6.92. The Hall–Kier alpha value is -3.04. The summed E-state index contributed by atoms with van der Waals surface area (Å²) < 4.78 is 7.27. The molecule has 1 atom stereocenters. The molecule has 178 valence electrons. The van der Waals surface area contributed by atoms with Crippen LogP contribution in [0.3, 0.4) is 0 Å². The van der Waals surface area contributed by atoms with Gasteiger partial charge in [-0.25, -0.2) is 0 Å². The Morgan fingerprint density at radius 2 is 1.94 bits per heavy atom. The van der Waals surface area contributed by atoms with Crippen LogP contribution in [0.4, 0.5) is 5.69 Å². The number of thioether (sulfide) groups is 1. The van der Waals surface area contributed by atoms with Gasteiger partial charge in [0.15, 0.2) is 11.0 Å². The number of aromatic nitrogens is 3. The Balaban J connectivity index is 1.39. The summed E-state index contributed by atoms with van der Waals surface area (Å²) in [6, 6.07) is 14.1. The van der Waals surface area contributed by atoms with Crippen LogP contribution in [0.15, 0.2) is 53.7 Å². The number of halogens is 1. The lowest BCUT2D eigenvalue weighted by atomic mass is 10.1. The van der Waals surface area contributed by atoms with Crippen LogP contribution in [-0.4, -0.2) is 50.4 Å². The summed E-state index contributed by atoms with van der Waals surface area (Å²) in [5.74, 6) is 1.39. The number of amides is 2. The van der Waals surface area contributed by atoms with Gasteiger partial charge in [-0.15, -0.1) is 10.2 Å². The SMILES string of the molecule is CCOc1ccc(NC(=O)CSc2nnc(C3CCCN3C(=O)c3ccccc3Cl)n2C)cc1. The van der Waals surface area contributed by atoms with Gasteiger partial charge in [0, 0.05) is 19.3 Å². The Bertz CT molecular complexity index is 1170. The number of rotatable bonds is 8. The number of ether oxygens (including phenoxy) is 1. The molecule has 1 aromatic heterocycles. The largest absolute Gasteiger partial charge is 0.494 e. The molecule has 0 radical (unpaired) electrons. The fourth-order valence-electron chi connectivity index (χ4n) is 3.94. The first-order chi connectivity index (χ1) is 16.5. The third kappa shape index (κ3) is 5.37. The van der Waals surface area contributed by atoms with E-state index in [1.165, 1.54) is 11.8 Å². The van der Waals surface area contributed by atoms with Crippen LogP contribution in [0.2, 0.25) is 5.02 Å². The van der Waals surface area contributed by atoms with Crippen molar-refractivity contribution in [1.82, 2.24) is 19.7 Å². The van der Waals surface area contributed by atoms with Crippen molar-refractivity contribution in [3.63, 3.8) is 0 Å². The van der Waals surface area contributed by atoms with E-state index in [1.54, 1.807) is 41.3 Å². The molecule has 8 nitrogen and oxygen atoms in total. The molecule has 2 amide bonds. The highest BCUT2D eigenvalue weighted by atomic mass is 35.5. The Morgan fingerprint density at radius 1 is 1.18 bits per heavy atom. The van der Waals surface area contributed by atoms with Crippen molar-refractivity contribution in [2.24, 2.45) is 7.05 Å². The first kappa shape index (κ1) is 24.1. The zero-order chi connectivity index (χ0) is 24.1. The predicted molar refractivity (Wildman–Crippen MR) is 132 cm³/mol. The third-order valence-electron chi connectivity index (χ3n) is 5.57. The monoisotopic (exact) mass is 499 g/mol. The van der Waals surface area contributed by atoms with E-state index < -0.39 is 0 Å². The lowest BCUT2D eigenvalue weighted by molar-refractivity contribution is -0.113. The number of carbonyl (C=O) groups excluding carboxylic acids is 2. The molecular formula is C24H26ClN5O3S. The first-order valence-electron chi connectivity index (χ1n) is 11.1. The molecule has 2 heterocycles. The number of hydrogen-bond acceptors (Lipinski definition) is 6. The maximum absolute atomic E-state index is 13.1. The van der Waals surface area contributed by atoms with E-state index in [0.29, 0.717) is 40.4 Å². The second kappa shape index (κ2) is 10.9. The molecule has 34 heavy (non-hydrogen) atoms. The van der Waals surface area contributed by atoms with Gasteiger partial charge in [0.25, 0.3) is 5.91 Å². The second-order valence-corrected chi connectivity index (χ2v) is 9.18. The number of likely N-dealkylation sites (tertiary alicyclic amines) is 1. The molecule has 4 rings (SSSR count). The number of carbonyl (C=O) groups is 2. The molecule has 3 aromatic rings. The van der Waals surface area contributed by atoms with Gasteiger partial charge in [0.1, 0.15) is 5.75 Å². The molecular weight excluding hydrogens is 474 g/mol. The fraction of sp³-hybridized carbons (Fsp3) is 0.333. The van der Waals surface area contributed by atoms with E-state index >= 15 is 0 Å². The summed E-state index contributed by atoms with van der Waals surface area (Å²) >= 11 is 7.55. The molecule has 0 aliphatic carbocycles. The lowest BCUT2D eigenvalue weighted by Gasteiger charge is -2.24. The molecule has 2 aromatic carbocycles. The van der Waals surface area contributed by atoms with Gasteiger partial charge in [-0.3, -0.25) is 9.59 Å². The molecule has 0 saturated carbocycles. The van der Waals surface area contributed by atoms with Gasteiger partial charge in [0.05, 0.1) is 29.0 Å². The number of anilines is 1. The van der Waals surface area contributed by atoms with Crippen LogP contribution in [0.5, 0.6) is 5.75 Å². The lowest BCUT2D eigenvalue weighted by Crippen LogP contribution is -2.32. The Kier molecular flexibility index (Phi) is 7.74. The summed E-state index contributed by atoms with van der Waals surface area (Å²) in [7, 11) is 1.86. The summed E-state index contributed by atoms with van der Waals surface area (Å²) in [5.41, 5.74) is 1.19. The van der Waals surface area contributed by atoms with Gasteiger partial charge in [-0.05, 0) is 56.2 Å². The predicted octanol–water partition coefficient (Wildman–Crippen LogP) is 4.58. The Morgan fingerprint density at radius 3 is 2.68 bits per heavy atom. The van der Waals surface area contributed by atoms with Gasteiger partial charge in [0.2, 0.25) is 5.91 Å². The van der Waals surface area contributed by atoms with Crippen molar-refractivity contribution in [3.8, 4) is 5.75 Å². The van der Waals surface area contributed by atoms with Crippen molar-refractivity contribution in [3.05, 3.63) is 64.9 Å². The molecule has 1 N–H and O–H groups in total. The minimum atomic E-state index is -0.187. The molecule has 0 spiro atoms. The number of hydrogen-bond donors (Lipinski definition) is 1. The average molecular weight is 500 g/mol. The molecule has 1 unspecified atom stereocenters. The fourth-order valence-corrected chi connectivity index (χ4v) is 4.87. The minimum absolute atomic E-state index is 0.111. The maximum Gasteiger partial charge on any atom is 0.255 e. The second-order valence-electron chi connectivity index (χ2n) is 7.83. The van der Waals surface area contributed by atoms with Crippen LogP contribution >= 0.6 is 23.4 Å². The van der Waals surface area contributed by atoms with Crippen molar-refractivity contribution < 1.29 is 14.3 Å². The van der Waals surface area contributed by atoms with E-state index in [2.05, 4.69) is 15.5 Å². The summed E-state index contributed by atoms with van der Waals surface area (Å²) in [5, 5.41) is 12.6. The van der Waals surface area contributed by atoms with Crippen LogP contribution in [0.1, 0.15) is 42.0 Å². The van der Waals surface area contributed by atoms with E-state index in [9.17, 15) is 9.59 Å². The van der Waals surface area contributed by atoms with Gasteiger partial charge < -0.3 is 19.5 Å². The van der Waals surface area contributed by atoms with Gasteiger partial charge >= 0.3 is 0 Å². The minimum Gasteiger partial charge on any atom is -0.494 e. The van der Waals surface area contributed by atoms with Gasteiger partial charge in [-0.2, -0.15) is 0 Å². The summed E-state index contributed by atoms with van der Waals surface area (Å²) in [4.78, 5) is 27.4. The van der Waals surface area contributed by atoms with Crippen molar-refractivity contribution in [2.45, 2.75) is 31.0 Å². The molecule has 10 heteroatoms. The van der Waals surface area contributed by atoms with Crippen molar-refractivity contribution in [2.75, 3.05) is 24.2 Å². The molecule has 1 fully saturated rings. The van der Waals surface area contributed by atoms with Crippen LogP contribution in [-0.2, 0) is 11.8 Å². The van der Waals surface area contributed by atoms with E-state index in [0.717, 1.165) is 18.6 Å². The van der Waals surface area contributed by atoms with Crippen molar-refractivity contribution in [1.29, 1.82) is 0 Å². The zero-order valence-electron chi connectivity index (χ0n) is 19.0. The highest BCUT2D eigenvalue weighted by molar-refractivity contribution is 7.99. The topological polar surface area (TPSA) is 89.3 Å². The standard InChI is InChI=1S/C24H26ClN5O3S/c1-3-33-17-12-10-16(11-13-17)26-21(31)15-34-24-28-27-22(29(24)2)20-9-6-14-30(20)23(32)18-7-4-5-8-19(18)25/h4-5,7-8,10-13,20H,3,6,9,14-15H2,1-2H3,(H,26,31). The normalized spacial score (nSPS) is 15.4. The Labute approximate surface area is 207 Å². The molecule has 1 saturated heterocycles. The van der Waals surface area contributed by atoms with Crippen LogP contribution in [0, 0.1) is 0 Å². The number of benzene rings is 2. The smallest absolute Gasteiger partial charge is 0.255 e. The van der Waals surface area contributed by atoms with E-state index in [4.69, 9.17) is 16.3 Å². The van der Waals surface area contributed by atoms with E-state index in [-0.39, 0.29) is 23.6 Å². The highest BCUT2D eigenvalue weighted by Crippen LogP contribution is 2.34. The maximum atomic E-state index is 13.1. The average Bonchev–Trinajstić information content (AvgIpc) is 3.45. The molecule has 1 aliphatic rings. The van der Waals surface area contributed by atoms with Crippen LogP contribution in [0.25, 0.3) is 0 Å². The molecule has 1 aliphatic heterocycles. The zero-order valence-corrected chi connectivity index (χ0v) is 20.6. The molecule has 0 bridgehead atoms. The summed E-state index contributed by atoms with van der Waals surface area (Å²) in [6.45, 7) is 3.15. The van der Waals surface area contributed by atoms with E-state index in [1.807, 2.05) is 30.7 Å². The summed E-state index contributed by atoms with van der Waals surface area (Å²) in [6.07, 6.45) is 1.67. The highest BCUT2D eigenvalue weighted by Gasteiger charge is 2.34. The van der Waals surface area contributed by atoms with Crippen LogP contribution < -0.4 is 10.1 Å². The van der Waals surface area contributed by atoms with Gasteiger partial charge in [-0.1, -0.05) is 35.5 Å². The van der Waals surface area contributed by atoms with Crippen molar-refractivity contribution >= 4 is 40.9 Å².